The van der Waals surface area contributed by atoms with Crippen molar-refractivity contribution < 1.29 is 14.5 Å². The predicted octanol–water partition coefficient (Wildman–Crippen LogP) is 1.10. The van der Waals surface area contributed by atoms with Gasteiger partial charge in [-0.2, -0.15) is 0 Å². The molecule has 7 heteroatoms. The number of aromatic nitrogens is 1. The second-order valence-corrected chi connectivity index (χ2v) is 7.90. The third kappa shape index (κ3) is 5.19. The molecular weight excluding hydrogens is 390 g/mol. The van der Waals surface area contributed by atoms with Gasteiger partial charge in [0.25, 0.3) is 5.91 Å². The first kappa shape index (κ1) is 20.8. The largest absolute Gasteiger partial charge is 0.360 e. The number of aryl methyl sites for hydroxylation is 1. The van der Waals surface area contributed by atoms with Crippen LogP contribution in [-0.4, -0.2) is 49.5 Å². The van der Waals surface area contributed by atoms with Crippen molar-refractivity contribution in [3.63, 3.8) is 0 Å². The number of amides is 2. The van der Waals surface area contributed by atoms with E-state index in [2.05, 4.69) is 45.0 Å². The van der Waals surface area contributed by atoms with Gasteiger partial charge in [-0.15, -0.1) is 0 Å². The number of benzene rings is 2. The molecule has 0 saturated carbocycles. The SMILES string of the molecule is Cc1cc(C(=O)NNC(=O)CC[NH+]2CCN(c3ccccc3)CC2)c2ccccc2n1. The number of para-hydroxylation sites is 2. The monoisotopic (exact) mass is 418 g/mol. The van der Waals surface area contributed by atoms with E-state index in [9.17, 15) is 9.59 Å². The number of quaternary nitrogens is 1. The highest BCUT2D eigenvalue weighted by atomic mass is 16.2. The molecule has 3 aromatic rings. The summed E-state index contributed by atoms with van der Waals surface area (Å²) in [6, 6.07) is 19.6. The van der Waals surface area contributed by atoms with Gasteiger partial charge in [0.15, 0.2) is 0 Å². The van der Waals surface area contributed by atoms with Crippen molar-refractivity contribution in [3.8, 4) is 0 Å². The number of rotatable bonds is 5. The summed E-state index contributed by atoms with van der Waals surface area (Å²) < 4.78 is 0. The van der Waals surface area contributed by atoms with E-state index in [1.165, 1.54) is 10.6 Å². The van der Waals surface area contributed by atoms with Crippen molar-refractivity contribution in [1.29, 1.82) is 0 Å². The van der Waals surface area contributed by atoms with E-state index in [1.807, 2.05) is 37.3 Å². The maximum absolute atomic E-state index is 12.6. The van der Waals surface area contributed by atoms with Crippen LogP contribution in [0.2, 0.25) is 0 Å². The van der Waals surface area contributed by atoms with Crippen LogP contribution in [0.1, 0.15) is 22.5 Å². The molecule has 1 fully saturated rings. The summed E-state index contributed by atoms with van der Waals surface area (Å²) >= 11 is 0. The second-order valence-electron chi connectivity index (χ2n) is 7.90. The minimum Gasteiger partial charge on any atom is -0.360 e. The summed E-state index contributed by atoms with van der Waals surface area (Å²) in [5.41, 5.74) is 8.38. The molecule has 2 heterocycles. The van der Waals surface area contributed by atoms with Crippen LogP contribution in [0.15, 0.2) is 60.7 Å². The number of hydrogen-bond acceptors (Lipinski definition) is 4. The Kier molecular flexibility index (Phi) is 6.43. The third-order valence-corrected chi connectivity index (χ3v) is 5.70. The number of anilines is 1. The zero-order valence-electron chi connectivity index (χ0n) is 17.7. The molecule has 0 aliphatic carbocycles. The summed E-state index contributed by atoms with van der Waals surface area (Å²) in [7, 11) is 0. The lowest BCUT2D eigenvalue weighted by Crippen LogP contribution is -3.15. The summed E-state index contributed by atoms with van der Waals surface area (Å²) in [5.74, 6) is -0.514. The van der Waals surface area contributed by atoms with Crippen LogP contribution in [0.3, 0.4) is 0 Å². The van der Waals surface area contributed by atoms with E-state index < -0.39 is 0 Å². The molecule has 1 aliphatic rings. The number of pyridine rings is 1. The van der Waals surface area contributed by atoms with E-state index in [1.54, 1.807) is 6.07 Å². The highest BCUT2D eigenvalue weighted by Gasteiger charge is 2.21. The molecule has 0 unspecified atom stereocenters. The van der Waals surface area contributed by atoms with Gasteiger partial charge in [0.2, 0.25) is 5.91 Å². The normalized spacial score (nSPS) is 14.4. The molecule has 0 spiro atoms. The zero-order chi connectivity index (χ0) is 21.6. The Morgan fingerprint density at radius 1 is 1.00 bits per heavy atom. The molecule has 2 amide bonds. The summed E-state index contributed by atoms with van der Waals surface area (Å²) in [5, 5.41) is 0.764. The van der Waals surface area contributed by atoms with Crippen LogP contribution >= 0.6 is 0 Å². The van der Waals surface area contributed by atoms with E-state index >= 15 is 0 Å². The van der Waals surface area contributed by atoms with Gasteiger partial charge in [-0.3, -0.25) is 25.4 Å². The lowest BCUT2D eigenvalue weighted by molar-refractivity contribution is -0.900. The molecule has 1 saturated heterocycles. The molecule has 4 rings (SSSR count). The second kappa shape index (κ2) is 9.57. The topological polar surface area (TPSA) is 78.8 Å². The van der Waals surface area contributed by atoms with Crippen LogP contribution < -0.4 is 20.7 Å². The van der Waals surface area contributed by atoms with E-state index in [0.29, 0.717) is 12.0 Å². The molecule has 0 radical (unpaired) electrons. The standard InChI is InChI=1S/C24H27N5O2/c1-18-17-21(20-9-5-6-10-22(20)25-18)24(31)27-26-23(30)11-12-28-13-15-29(16-14-28)19-7-3-2-4-8-19/h2-10,17H,11-16H2,1H3,(H,26,30)(H,27,31)/p+1. The van der Waals surface area contributed by atoms with Crippen molar-refractivity contribution >= 4 is 28.4 Å². The first-order valence-electron chi connectivity index (χ1n) is 10.7. The van der Waals surface area contributed by atoms with Crippen LogP contribution in [0.5, 0.6) is 0 Å². The summed E-state index contributed by atoms with van der Waals surface area (Å²) in [6.07, 6.45) is 0.372. The molecule has 3 N–H and O–H groups in total. The highest BCUT2D eigenvalue weighted by Crippen LogP contribution is 2.18. The summed E-state index contributed by atoms with van der Waals surface area (Å²) in [6.45, 7) is 6.55. The van der Waals surface area contributed by atoms with Crippen LogP contribution in [0.4, 0.5) is 5.69 Å². The molecule has 160 valence electrons. The maximum Gasteiger partial charge on any atom is 0.270 e. The number of nitrogens with zero attached hydrogens (tertiary/aromatic N) is 2. The summed E-state index contributed by atoms with van der Waals surface area (Å²) in [4.78, 5) is 33.1. The predicted molar refractivity (Wildman–Crippen MR) is 121 cm³/mol. The number of nitrogens with one attached hydrogen (secondary N) is 3. The Morgan fingerprint density at radius 3 is 2.48 bits per heavy atom. The van der Waals surface area contributed by atoms with E-state index in [-0.39, 0.29) is 11.8 Å². The van der Waals surface area contributed by atoms with Gasteiger partial charge < -0.3 is 9.80 Å². The fraction of sp³-hybridized carbons (Fsp3) is 0.292. The number of hydrazine groups is 1. The molecule has 0 atom stereocenters. The molecule has 0 bridgehead atoms. The van der Waals surface area contributed by atoms with E-state index in [0.717, 1.165) is 49.3 Å². The number of piperazine rings is 1. The molecule has 31 heavy (non-hydrogen) atoms. The first-order chi connectivity index (χ1) is 15.1. The third-order valence-electron chi connectivity index (χ3n) is 5.70. The maximum atomic E-state index is 12.6. The van der Waals surface area contributed by atoms with Crippen molar-refractivity contribution in [1.82, 2.24) is 15.8 Å². The van der Waals surface area contributed by atoms with E-state index in [4.69, 9.17) is 0 Å². The lowest BCUT2D eigenvalue weighted by atomic mass is 10.1. The average molecular weight is 419 g/mol. The Labute approximate surface area is 182 Å². The van der Waals surface area contributed by atoms with Crippen molar-refractivity contribution in [2.75, 3.05) is 37.6 Å². The Balaban J connectivity index is 1.24. The fourth-order valence-electron chi connectivity index (χ4n) is 4.01. The molecule has 1 aliphatic heterocycles. The number of fused-ring (bicyclic) bond motifs is 1. The quantitative estimate of drug-likeness (QED) is 0.542. The van der Waals surface area contributed by atoms with Gasteiger partial charge in [0, 0.05) is 16.8 Å². The average Bonchev–Trinajstić information content (AvgIpc) is 2.81. The number of hydrogen-bond donors (Lipinski definition) is 3. The van der Waals surface area contributed by atoms with Crippen molar-refractivity contribution in [2.45, 2.75) is 13.3 Å². The highest BCUT2D eigenvalue weighted by molar-refractivity contribution is 6.06. The molecular formula is C24H28N5O2+. The molecule has 1 aromatic heterocycles. The Bertz CT molecular complexity index is 1060. The van der Waals surface area contributed by atoms with Crippen LogP contribution in [0, 0.1) is 6.92 Å². The molecule has 2 aromatic carbocycles. The van der Waals surface area contributed by atoms with Crippen molar-refractivity contribution in [3.05, 3.63) is 71.9 Å². The van der Waals surface area contributed by atoms with Gasteiger partial charge in [-0.25, -0.2) is 0 Å². The fourth-order valence-corrected chi connectivity index (χ4v) is 4.01. The van der Waals surface area contributed by atoms with Crippen LogP contribution in [-0.2, 0) is 4.79 Å². The Morgan fingerprint density at radius 2 is 1.71 bits per heavy atom. The Hall–Kier alpha value is -3.45. The molecule has 7 nitrogen and oxygen atoms in total. The zero-order valence-corrected chi connectivity index (χ0v) is 17.7. The lowest BCUT2D eigenvalue weighted by Gasteiger charge is -2.33. The number of carbonyl (C=O) groups is 2. The van der Waals surface area contributed by atoms with Gasteiger partial charge in [-0.05, 0) is 31.2 Å². The van der Waals surface area contributed by atoms with Gasteiger partial charge in [-0.1, -0.05) is 36.4 Å². The van der Waals surface area contributed by atoms with Crippen molar-refractivity contribution in [2.24, 2.45) is 0 Å². The minimum absolute atomic E-state index is 0.179. The van der Waals surface area contributed by atoms with Gasteiger partial charge in [0.1, 0.15) is 0 Å². The van der Waals surface area contributed by atoms with Gasteiger partial charge in [0.05, 0.1) is 50.2 Å². The van der Waals surface area contributed by atoms with Crippen LogP contribution in [0.25, 0.3) is 10.9 Å². The number of carbonyl (C=O) groups excluding carboxylic acids is 2. The first-order valence-corrected chi connectivity index (χ1v) is 10.7. The minimum atomic E-state index is -0.334. The smallest absolute Gasteiger partial charge is 0.270 e. The van der Waals surface area contributed by atoms with Gasteiger partial charge >= 0.3 is 0 Å².